The van der Waals surface area contributed by atoms with Crippen molar-refractivity contribution in [3.63, 3.8) is 0 Å². The predicted molar refractivity (Wildman–Crippen MR) is 102 cm³/mol. The number of fused-ring (bicyclic) bond motifs is 1. The van der Waals surface area contributed by atoms with E-state index < -0.39 is 17.2 Å². The van der Waals surface area contributed by atoms with Crippen molar-refractivity contribution in [1.29, 1.82) is 0 Å². The number of hydrazone groups is 1. The van der Waals surface area contributed by atoms with Gasteiger partial charge >= 0.3 is 5.69 Å². The topological polar surface area (TPSA) is 103 Å². The summed E-state index contributed by atoms with van der Waals surface area (Å²) in [6.45, 7) is -0.199. The number of carbonyl (C=O) groups excluding carboxylic acids is 1. The highest BCUT2D eigenvalue weighted by Gasteiger charge is 2.15. The number of carbonyl (C=O) groups is 1. The number of nitrogens with one attached hydrogen (secondary N) is 1. The van der Waals surface area contributed by atoms with Crippen LogP contribution in [0.25, 0.3) is 11.2 Å². The number of rotatable bonds is 4. The first-order valence-electron chi connectivity index (χ1n) is 7.67. The molecule has 0 saturated heterocycles. The molecule has 3 aromatic rings. The highest BCUT2D eigenvalue weighted by Crippen LogP contribution is 2.19. The van der Waals surface area contributed by atoms with Crippen LogP contribution in [0.15, 0.2) is 39.2 Å². The molecule has 1 N–H and O–H groups in total. The summed E-state index contributed by atoms with van der Waals surface area (Å²) in [7, 11) is 2.86. The maximum absolute atomic E-state index is 12.3. The van der Waals surface area contributed by atoms with Gasteiger partial charge in [0.2, 0.25) is 0 Å². The smallest absolute Gasteiger partial charge is 0.315 e. The Labute approximate surface area is 162 Å². The Kier molecular flexibility index (Phi) is 5.15. The second-order valence-electron chi connectivity index (χ2n) is 5.71. The summed E-state index contributed by atoms with van der Waals surface area (Å²) in [6, 6.07) is 4.87. The zero-order valence-corrected chi connectivity index (χ0v) is 15.8. The van der Waals surface area contributed by atoms with E-state index in [4.69, 9.17) is 23.2 Å². The molecule has 2 heterocycles. The number of hydrogen-bond donors (Lipinski definition) is 1. The molecule has 0 radical (unpaired) electrons. The number of hydrogen-bond acceptors (Lipinski definition) is 5. The second kappa shape index (κ2) is 7.37. The molecule has 0 aliphatic rings. The van der Waals surface area contributed by atoms with E-state index in [-0.39, 0.29) is 17.7 Å². The van der Waals surface area contributed by atoms with E-state index in [2.05, 4.69) is 15.5 Å². The average Bonchev–Trinajstić information content (AvgIpc) is 3.03. The fraction of sp³-hybridized carbons (Fsp3) is 0.188. The maximum Gasteiger partial charge on any atom is 0.332 e. The number of imidazole rings is 1. The van der Waals surface area contributed by atoms with Crippen LogP contribution in [-0.4, -0.2) is 30.8 Å². The van der Waals surface area contributed by atoms with E-state index >= 15 is 0 Å². The minimum absolute atomic E-state index is 0.152. The number of benzene rings is 1. The van der Waals surface area contributed by atoms with Gasteiger partial charge in [-0.3, -0.25) is 18.7 Å². The molecule has 9 nitrogen and oxygen atoms in total. The van der Waals surface area contributed by atoms with Crippen molar-refractivity contribution in [3.05, 3.63) is 61.0 Å². The van der Waals surface area contributed by atoms with Crippen molar-refractivity contribution in [2.75, 3.05) is 0 Å². The molecule has 0 spiro atoms. The molecule has 3 rings (SSSR count). The molecule has 27 heavy (non-hydrogen) atoms. The zero-order chi connectivity index (χ0) is 19.7. The quantitative estimate of drug-likeness (QED) is 0.511. The molecule has 11 heteroatoms. The summed E-state index contributed by atoms with van der Waals surface area (Å²) in [5.41, 5.74) is 2.26. The third-order valence-corrected chi connectivity index (χ3v) is 4.45. The van der Waals surface area contributed by atoms with Gasteiger partial charge in [-0.25, -0.2) is 15.2 Å². The van der Waals surface area contributed by atoms with Gasteiger partial charge in [0, 0.05) is 24.7 Å². The van der Waals surface area contributed by atoms with Crippen molar-refractivity contribution < 1.29 is 4.79 Å². The minimum Gasteiger partial charge on any atom is -0.315 e. The van der Waals surface area contributed by atoms with Crippen molar-refractivity contribution in [3.8, 4) is 0 Å². The lowest BCUT2D eigenvalue weighted by atomic mass is 10.2. The molecule has 0 fully saturated rings. The van der Waals surface area contributed by atoms with Gasteiger partial charge in [0.05, 0.1) is 17.6 Å². The first-order valence-corrected chi connectivity index (χ1v) is 8.43. The van der Waals surface area contributed by atoms with E-state index in [1.54, 1.807) is 18.2 Å². The third-order valence-electron chi connectivity index (χ3n) is 3.89. The lowest BCUT2D eigenvalue weighted by molar-refractivity contribution is -0.121. The Morgan fingerprint density at radius 1 is 1.26 bits per heavy atom. The highest BCUT2D eigenvalue weighted by atomic mass is 35.5. The van der Waals surface area contributed by atoms with E-state index in [0.717, 1.165) is 4.57 Å². The van der Waals surface area contributed by atoms with E-state index in [0.29, 0.717) is 15.6 Å². The molecule has 0 bridgehead atoms. The monoisotopic (exact) mass is 408 g/mol. The first-order chi connectivity index (χ1) is 12.8. The van der Waals surface area contributed by atoms with Crippen LogP contribution in [0.4, 0.5) is 0 Å². The van der Waals surface area contributed by atoms with Crippen LogP contribution >= 0.6 is 23.2 Å². The van der Waals surface area contributed by atoms with Gasteiger partial charge < -0.3 is 4.57 Å². The van der Waals surface area contributed by atoms with Gasteiger partial charge in [0.25, 0.3) is 11.5 Å². The van der Waals surface area contributed by atoms with E-state index in [1.165, 1.54) is 35.8 Å². The number of aromatic nitrogens is 4. The summed E-state index contributed by atoms with van der Waals surface area (Å²) in [6.07, 6.45) is 2.70. The largest absolute Gasteiger partial charge is 0.332 e. The van der Waals surface area contributed by atoms with Crippen molar-refractivity contribution in [2.45, 2.75) is 6.54 Å². The molecule has 0 unspecified atom stereocenters. The molecular formula is C16H14Cl2N6O3. The zero-order valence-electron chi connectivity index (χ0n) is 14.3. The molecule has 0 aliphatic carbocycles. The Balaban J connectivity index is 1.80. The normalized spacial score (nSPS) is 11.4. The molecule has 2 aromatic heterocycles. The Hall–Kier alpha value is -2.91. The van der Waals surface area contributed by atoms with Crippen molar-refractivity contribution in [2.24, 2.45) is 19.2 Å². The van der Waals surface area contributed by atoms with E-state index in [1.807, 2.05) is 0 Å². The SMILES string of the molecule is Cn1c(=O)c2c(ncn2CC(=O)NN=Cc2ccc(Cl)cc2Cl)n(C)c1=O. The summed E-state index contributed by atoms with van der Waals surface area (Å²) in [5, 5.41) is 4.72. The third kappa shape index (κ3) is 3.64. The predicted octanol–water partition coefficient (Wildman–Crippen LogP) is 0.891. The van der Waals surface area contributed by atoms with Crippen LogP contribution in [0.2, 0.25) is 10.0 Å². The highest BCUT2D eigenvalue weighted by molar-refractivity contribution is 6.36. The van der Waals surface area contributed by atoms with Crippen LogP contribution in [-0.2, 0) is 25.4 Å². The average molecular weight is 409 g/mol. The molecule has 0 saturated carbocycles. The van der Waals surface area contributed by atoms with Crippen LogP contribution in [0.5, 0.6) is 0 Å². The van der Waals surface area contributed by atoms with Gasteiger partial charge in [0.1, 0.15) is 6.54 Å². The summed E-state index contributed by atoms with van der Waals surface area (Å²) in [5.74, 6) is -0.480. The summed E-state index contributed by atoms with van der Waals surface area (Å²) >= 11 is 11.8. The molecule has 0 atom stereocenters. The molecular weight excluding hydrogens is 395 g/mol. The van der Waals surface area contributed by atoms with Crippen LogP contribution in [0, 0.1) is 0 Å². The Morgan fingerprint density at radius 2 is 2.00 bits per heavy atom. The van der Waals surface area contributed by atoms with Gasteiger partial charge in [-0.15, -0.1) is 0 Å². The standard InChI is InChI=1S/C16H14Cl2N6O3/c1-22-14-13(15(26)23(2)16(22)27)24(8-19-14)7-12(25)21-20-6-9-3-4-10(17)5-11(9)18/h3-6,8H,7H2,1-2H3,(H,21,25). The Bertz CT molecular complexity index is 1190. The van der Waals surface area contributed by atoms with Crippen LogP contribution in [0.1, 0.15) is 5.56 Å². The Morgan fingerprint density at radius 3 is 2.70 bits per heavy atom. The fourth-order valence-corrected chi connectivity index (χ4v) is 2.94. The lowest BCUT2D eigenvalue weighted by Crippen LogP contribution is -2.38. The molecule has 1 aromatic carbocycles. The number of aryl methyl sites for hydroxylation is 1. The first kappa shape index (κ1) is 18.9. The van der Waals surface area contributed by atoms with Crippen LogP contribution < -0.4 is 16.7 Å². The van der Waals surface area contributed by atoms with E-state index in [9.17, 15) is 14.4 Å². The number of nitrogens with zero attached hydrogens (tertiary/aromatic N) is 5. The fourth-order valence-electron chi connectivity index (χ4n) is 2.49. The summed E-state index contributed by atoms with van der Waals surface area (Å²) < 4.78 is 3.56. The lowest BCUT2D eigenvalue weighted by Gasteiger charge is -2.06. The van der Waals surface area contributed by atoms with Crippen LogP contribution in [0.3, 0.4) is 0 Å². The van der Waals surface area contributed by atoms with Gasteiger partial charge in [-0.05, 0) is 12.1 Å². The molecule has 140 valence electrons. The van der Waals surface area contributed by atoms with Gasteiger partial charge in [-0.1, -0.05) is 29.3 Å². The molecule has 1 amide bonds. The maximum atomic E-state index is 12.3. The van der Waals surface area contributed by atoms with Gasteiger partial charge in [-0.2, -0.15) is 5.10 Å². The second-order valence-corrected chi connectivity index (χ2v) is 6.55. The van der Waals surface area contributed by atoms with Crippen molar-refractivity contribution >= 4 is 46.5 Å². The van der Waals surface area contributed by atoms with Gasteiger partial charge in [0.15, 0.2) is 11.2 Å². The van der Waals surface area contributed by atoms with Crippen molar-refractivity contribution in [1.82, 2.24) is 24.1 Å². The number of amides is 1. The summed E-state index contributed by atoms with van der Waals surface area (Å²) in [4.78, 5) is 40.4. The minimum atomic E-state index is -0.533. The molecule has 0 aliphatic heterocycles. The number of halogens is 2.